The van der Waals surface area contributed by atoms with Crippen LogP contribution in [-0.4, -0.2) is 20.8 Å². The summed E-state index contributed by atoms with van der Waals surface area (Å²) in [6, 6.07) is 4.92. The first kappa shape index (κ1) is 16.4. The smallest absolute Gasteiger partial charge is 0.264 e. The predicted octanol–water partition coefficient (Wildman–Crippen LogP) is 2.66. The number of halogens is 2. The van der Waals surface area contributed by atoms with Crippen molar-refractivity contribution in [3.05, 3.63) is 29.3 Å². The molecule has 0 spiro atoms. The van der Waals surface area contributed by atoms with E-state index in [4.69, 9.17) is 0 Å². The average Bonchev–Trinajstić information content (AvgIpc) is 2.88. The molecule has 0 atom stereocenters. The maximum absolute atomic E-state index is 12.4. The Hall–Kier alpha value is -1.50. The minimum atomic E-state index is -3.89. The molecule has 4 nitrogen and oxygen atoms in total. The van der Waals surface area contributed by atoms with E-state index in [9.17, 15) is 22.0 Å². The van der Waals surface area contributed by atoms with Crippen LogP contribution in [0.15, 0.2) is 23.1 Å². The highest BCUT2D eigenvalue weighted by Crippen LogP contribution is 2.39. The molecule has 0 heterocycles. The van der Waals surface area contributed by atoms with E-state index in [2.05, 4.69) is 4.72 Å². The van der Waals surface area contributed by atoms with Crippen LogP contribution in [0.2, 0.25) is 0 Å². The van der Waals surface area contributed by atoms with E-state index in [-0.39, 0.29) is 30.1 Å². The molecule has 23 heavy (non-hydrogen) atoms. The maximum atomic E-state index is 12.4. The monoisotopic (exact) mass is 343 g/mol. The van der Waals surface area contributed by atoms with Crippen molar-refractivity contribution in [3.63, 3.8) is 0 Å². The molecule has 126 valence electrons. The lowest BCUT2D eigenvalue weighted by Gasteiger charge is -2.34. The molecule has 0 radical (unpaired) electrons. The van der Waals surface area contributed by atoms with E-state index in [0.717, 1.165) is 30.4 Å². The predicted molar refractivity (Wildman–Crippen MR) is 80.6 cm³/mol. The number of benzene rings is 1. The van der Waals surface area contributed by atoms with Crippen LogP contribution in [0.3, 0.4) is 0 Å². The summed E-state index contributed by atoms with van der Waals surface area (Å²) in [5.41, 5.74) is 2.17. The molecule has 0 aliphatic heterocycles. The zero-order chi connectivity index (χ0) is 16.6. The molecule has 2 aliphatic carbocycles. The number of hydrogen-bond acceptors (Lipinski definition) is 3. The number of rotatable bonds is 5. The van der Waals surface area contributed by atoms with Gasteiger partial charge in [0, 0.05) is 12.3 Å². The lowest BCUT2D eigenvalue weighted by atomic mass is 9.73. The van der Waals surface area contributed by atoms with Gasteiger partial charge in [-0.2, -0.15) is 0 Å². The topological polar surface area (TPSA) is 63.2 Å². The lowest BCUT2D eigenvalue weighted by Crippen LogP contribution is -2.36. The van der Waals surface area contributed by atoms with Gasteiger partial charge in [-0.1, -0.05) is 6.07 Å². The summed E-state index contributed by atoms with van der Waals surface area (Å²) in [5, 5.41) is 0. The highest BCUT2D eigenvalue weighted by molar-refractivity contribution is 7.90. The second-order valence-electron chi connectivity index (χ2n) is 6.45. The Balaban J connectivity index is 1.59. The number of hydrogen-bond donors (Lipinski definition) is 1. The Labute approximate surface area is 134 Å². The third-order valence-electron chi connectivity index (χ3n) is 4.73. The van der Waals surface area contributed by atoms with E-state index in [0.29, 0.717) is 0 Å². The number of carbonyl (C=O) groups excluding carboxylic acids is 1. The number of aryl methyl sites for hydroxylation is 2. The summed E-state index contributed by atoms with van der Waals surface area (Å²) in [6.07, 6.45) is 1.00. The van der Waals surface area contributed by atoms with Gasteiger partial charge >= 0.3 is 0 Å². The van der Waals surface area contributed by atoms with Gasteiger partial charge in [-0.15, -0.1) is 0 Å². The lowest BCUT2D eigenvalue weighted by molar-refractivity contribution is -0.122. The van der Waals surface area contributed by atoms with Gasteiger partial charge in [0.2, 0.25) is 12.3 Å². The number of nitrogens with one attached hydrogen (secondary N) is 1. The molecule has 3 rings (SSSR count). The Bertz CT molecular complexity index is 712. The van der Waals surface area contributed by atoms with Crippen LogP contribution in [-0.2, 0) is 27.7 Å². The fourth-order valence-corrected chi connectivity index (χ4v) is 4.43. The number of alkyl halides is 2. The molecule has 1 fully saturated rings. The number of fused-ring (bicyclic) bond motifs is 1. The Morgan fingerprint density at radius 2 is 1.91 bits per heavy atom. The first-order chi connectivity index (χ1) is 10.8. The van der Waals surface area contributed by atoms with E-state index in [1.807, 2.05) is 0 Å². The third-order valence-corrected chi connectivity index (χ3v) is 6.10. The van der Waals surface area contributed by atoms with Crippen molar-refractivity contribution in [3.8, 4) is 0 Å². The summed E-state index contributed by atoms with van der Waals surface area (Å²) in [6.45, 7) is 0. The minimum Gasteiger partial charge on any atom is -0.274 e. The molecule has 1 aromatic rings. The van der Waals surface area contributed by atoms with Crippen molar-refractivity contribution in [2.45, 2.75) is 49.8 Å². The molecule has 1 saturated carbocycles. The number of carbonyl (C=O) groups is 1. The molecule has 1 amide bonds. The number of sulfonamides is 1. The molecule has 0 bridgehead atoms. The molecule has 0 saturated heterocycles. The minimum absolute atomic E-state index is 0.0204. The standard InChI is InChI=1S/C16H19F2NO3S/c17-16(18)13-6-10(7-13)8-15(20)19-23(21,22)14-5-4-11-2-1-3-12(11)9-14/h4-5,9-10,13,16H,1-3,6-8H2,(H,19,20). The second-order valence-corrected chi connectivity index (χ2v) is 8.13. The third kappa shape index (κ3) is 3.54. The van der Waals surface area contributed by atoms with Crippen LogP contribution in [0.4, 0.5) is 8.78 Å². The van der Waals surface area contributed by atoms with E-state index in [1.54, 1.807) is 12.1 Å². The molecular formula is C16H19F2NO3S. The first-order valence-electron chi connectivity index (χ1n) is 7.81. The normalized spacial score (nSPS) is 23.4. The van der Waals surface area contributed by atoms with E-state index in [1.165, 1.54) is 6.07 Å². The van der Waals surface area contributed by atoms with Gasteiger partial charge in [-0.25, -0.2) is 21.9 Å². The highest BCUT2D eigenvalue weighted by atomic mass is 32.2. The zero-order valence-electron chi connectivity index (χ0n) is 12.6. The van der Waals surface area contributed by atoms with Crippen molar-refractivity contribution in [1.29, 1.82) is 0 Å². The van der Waals surface area contributed by atoms with Crippen molar-refractivity contribution in [1.82, 2.24) is 4.72 Å². The largest absolute Gasteiger partial charge is 0.274 e. The van der Waals surface area contributed by atoms with Gasteiger partial charge < -0.3 is 0 Å². The van der Waals surface area contributed by atoms with E-state index >= 15 is 0 Å². The van der Waals surface area contributed by atoms with Crippen molar-refractivity contribution in [2.24, 2.45) is 11.8 Å². The van der Waals surface area contributed by atoms with Crippen LogP contribution in [0.25, 0.3) is 0 Å². The van der Waals surface area contributed by atoms with Gasteiger partial charge in [0.15, 0.2) is 0 Å². The van der Waals surface area contributed by atoms with Crippen LogP contribution >= 0.6 is 0 Å². The SMILES string of the molecule is O=C(CC1CC(C(F)F)C1)NS(=O)(=O)c1ccc2c(c1)CCC2. The quantitative estimate of drug-likeness (QED) is 0.894. The average molecular weight is 343 g/mol. The summed E-state index contributed by atoms with van der Waals surface area (Å²) in [4.78, 5) is 12.0. The molecule has 0 unspecified atom stereocenters. The molecule has 7 heteroatoms. The van der Waals surface area contributed by atoms with Gasteiger partial charge in [-0.05, 0) is 61.3 Å². The molecule has 2 aliphatic rings. The van der Waals surface area contributed by atoms with Crippen LogP contribution in [0, 0.1) is 11.8 Å². The van der Waals surface area contributed by atoms with Crippen LogP contribution in [0.5, 0.6) is 0 Å². The summed E-state index contributed by atoms with van der Waals surface area (Å²) in [5.74, 6) is -1.42. The van der Waals surface area contributed by atoms with Gasteiger partial charge in [-0.3, -0.25) is 4.79 Å². The summed E-state index contributed by atoms with van der Waals surface area (Å²) >= 11 is 0. The first-order valence-corrected chi connectivity index (χ1v) is 9.29. The van der Waals surface area contributed by atoms with Gasteiger partial charge in [0.25, 0.3) is 10.0 Å². The van der Waals surface area contributed by atoms with Gasteiger partial charge in [0.1, 0.15) is 0 Å². The highest BCUT2D eigenvalue weighted by Gasteiger charge is 2.37. The molecular weight excluding hydrogens is 324 g/mol. The summed E-state index contributed by atoms with van der Waals surface area (Å²) < 4.78 is 51.3. The Morgan fingerprint density at radius 3 is 2.61 bits per heavy atom. The van der Waals surface area contributed by atoms with Crippen LogP contribution in [0.1, 0.15) is 36.8 Å². The summed E-state index contributed by atoms with van der Waals surface area (Å²) in [7, 11) is -3.89. The van der Waals surface area contributed by atoms with Gasteiger partial charge in [0.05, 0.1) is 4.90 Å². The van der Waals surface area contributed by atoms with Crippen molar-refractivity contribution >= 4 is 15.9 Å². The molecule has 0 aromatic heterocycles. The van der Waals surface area contributed by atoms with Crippen molar-refractivity contribution < 1.29 is 22.0 Å². The Morgan fingerprint density at radius 1 is 1.22 bits per heavy atom. The molecule has 1 aromatic carbocycles. The second kappa shape index (κ2) is 6.19. The maximum Gasteiger partial charge on any atom is 0.264 e. The van der Waals surface area contributed by atoms with Crippen LogP contribution < -0.4 is 4.72 Å². The van der Waals surface area contributed by atoms with E-state index < -0.39 is 28.3 Å². The fourth-order valence-electron chi connectivity index (χ4n) is 3.39. The Kier molecular flexibility index (Phi) is 4.40. The molecule has 1 N–H and O–H groups in total. The number of amides is 1. The fraction of sp³-hybridized carbons (Fsp3) is 0.562. The van der Waals surface area contributed by atoms with Crippen molar-refractivity contribution in [2.75, 3.05) is 0 Å². The zero-order valence-corrected chi connectivity index (χ0v) is 13.4.